The van der Waals surface area contributed by atoms with Crippen molar-refractivity contribution in [2.24, 2.45) is 17.3 Å². The number of carbonyl (C=O) groups is 1. The summed E-state index contributed by atoms with van der Waals surface area (Å²) in [5.74, 6) is 1.06. The molecular formula is C31H36N2O4. The minimum atomic E-state index is -1.24. The normalized spacial score (nSPS) is 38.7. The van der Waals surface area contributed by atoms with E-state index in [9.17, 15) is 15.0 Å². The molecule has 2 aromatic carbocycles. The van der Waals surface area contributed by atoms with Crippen LogP contribution in [0.1, 0.15) is 55.2 Å². The van der Waals surface area contributed by atoms with Crippen molar-refractivity contribution in [3.63, 3.8) is 0 Å². The molecule has 1 saturated heterocycles. The van der Waals surface area contributed by atoms with Gasteiger partial charge in [0.05, 0.1) is 5.92 Å². The van der Waals surface area contributed by atoms with E-state index in [4.69, 9.17) is 4.74 Å². The van der Waals surface area contributed by atoms with Gasteiger partial charge in [-0.25, -0.2) is 0 Å². The van der Waals surface area contributed by atoms with Crippen LogP contribution in [-0.4, -0.2) is 63.8 Å². The zero-order valence-electron chi connectivity index (χ0n) is 21.5. The van der Waals surface area contributed by atoms with Gasteiger partial charge in [0.1, 0.15) is 11.7 Å². The number of benzene rings is 2. The molecule has 6 nitrogen and oxygen atoms in total. The maximum absolute atomic E-state index is 14.1. The maximum atomic E-state index is 14.1. The van der Waals surface area contributed by atoms with Crippen molar-refractivity contribution in [1.29, 1.82) is 0 Å². The number of phenolic OH excluding ortho intramolecular Hbond substituents is 1. The van der Waals surface area contributed by atoms with Gasteiger partial charge in [0, 0.05) is 42.6 Å². The molecule has 4 bridgehead atoms. The smallest absolute Gasteiger partial charge is 0.228 e. The molecule has 0 aromatic heterocycles. The fourth-order valence-electron chi connectivity index (χ4n) is 9.55. The summed E-state index contributed by atoms with van der Waals surface area (Å²) >= 11 is 0. The van der Waals surface area contributed by atoms with E-state index in [0.29, 0.717) is 31.2 Å². The average Bonchev–Trinajstić information content (AvgIpc) is 3.64. The molecule has 9 rings (SSSR count). The second kappa shape index (κ2) is 7.29. The monoisotopic (exact) mass is 500 g/mol. The third kappa shape index (κ3) is 2.71. The molecule has 5 fully saturated rings. The van der Waals surface area contributed by atoms with E-state index in [1.807, 2.05) is 37.4 Å². The molecule has 1 amide bonds. The van der Waals surface area contributed by atoms with Gasteiger partial charge in [0.25, 0.3) is 0 Å². The van der Waals surface area contributed by atoms with Crippen LogP contribution in [0.4, 0.5) is 0 Å². The summed E-state index contributed by atoms with van der Waals surface area (Å²) in [6.45, 7) is 2.67. The van der Waals surface area contributed by atoms with Crippen LogP contribution in [0.2, 0.25) is 0 Å². The van der Waals surface area contributed by atoms with Gasteiger partial charge >= 0.3 is 0 Å². The van der Waals surface area contributed by atoms with Crippen molar-refractivity contribution in [2.45, 2.75) is 74.7 Å². The number of nitrogens with zero attached hydrogens (tertiary/aromatic N) is 2. The predicted octanol–water partition coefficient (Wildman–Crippen LogP) is 3.62. The van der Waals surface area contributed by atoms with E-state index in [1.165, 1.54) is 18.4 Å². The van der Waals surface area contributed by atoms with Crippen LogP contribution >= 0.6 is 0 Å². The Morgan fingerprint density at radius 3 is 2.73 bits per heavy atom. The van der Waals surface area contributed by atoms with Crippen molar-refractivity contribution in [2.75, 3.05) is 20.1 Å². The van der Waals surface area contributed by atoms with E-state index >= 15 is 0 Å². The highest BCUT2D eigenvalue weighted by Gasteiger charge is 2.81. The Labute approximate surface area is 218 Å². The SMILES string of the molecule is CN(Cc1ccccc1)C(=O)C1C[C@@]23CC[C@]1(O)[C@@H]1Oc4c(O)ccc5c4[C@@]12CCN(CC1CC1)[C@@H]3C5. The van der Waals surface area contributed by atoms with E-state index in [2.05, 4.69) is 11.0 Å². The largest absolute Gasteiger partial charge is 0.504 e. The molecular weight excluding hydrogens is 464 g/mol. The van der Waals surface area contributed by atoms with Gasteiger partial charge in [-0.3, -0.25) is 9.69 Å². The lowest BCUT2D eigenvalue weighted by molar-refractivity contribution is -0.266. The van der Waals surface area contributed by atoms with Crippen LogP contribution in [0, 0.1) is 17.3 Å². The molecule has 194 valence electrons. The Hall–Kier alpha value is -2.57. The first-order valence-corrected chi connectivity index (χ1v) is 14.1. The van der Waals surface area contributed by atoms with Crippen molar-refractivity contribution in [3.8, 4) is 11.5 Å². The number of ether oxygens (including phenoxy) is 1. The van der Waals surface area contributed by atoms with Crippen LogP contribution in [0.5, 0.6) is 11.5 Å². The highest BCUT2D eigenvalue weighted by atomic mass is 16.5. The van der Waals surface area contributed by atoms with Crippen molar-refractivity contribution in [1.82, 2.24) is 9.80 Å². The van der Waals surface area contributed by atoms with E-state index in [-0.39, 0.29) is 22.5 Å². The summed E-state index contributed by atoms with van der Waals surface area (Å²) in [5.41, 5.74) is 1.81. The van der Waals surface area contributed by atoms with Gasteiger partial charge in [0.2, 0.25) is 5.91 Å². The predicted molar refractivity (Wildman–Crippen MR) is 138 cm³/mol. The van der Waals surface area contributed by atoms with Crippen LogP contribution in [0.25, 0.3) is 0 Å². The molecule has 6 heteroatoms. The fraction of sp³-hybridized carbons (Fsp3) is 0.581. The Morgan fingerprint density at radius 2 is 1.95 bits per heavy atom. The number of fused-ring (bicyclic) bond motifs is 2. The minimum absolute atomic E-state index is 0.0154. The summed E-state index contributed by atoms with van der Waals surface area (Å²) in [5, 5.41) is 23.4. The Morgan fingerprint density at radius 1 is 1.14 bits per heavy atom. The minimum Gasteiger partial charge on any atom is -0.504 e. The molecule has 37 heavy (non-hydrogen) atoms. The van der Waals surface area contributed by atoms with Gasteiger partial charge in [-0.15, -0.1) is 0 Å². The van der Waals surface area contributed by atoms with E-state index < -0.39 is 17.6 Å². The molecule has 5 aliphatic carbocycles. The zero-order valence-corrected chi connectivity index (χ0v) is 21.5. The number of likely N-dealkylation sites (tertiary alicyclic amines) is 1. The topological polar surface area (TPSA) is 73.2 Å². The summed E-state index contributed by atoms with van der Waals surface area (Å²) in [4.78, 5) is 18.7. The van der Waals surface area contributed by atoms with E-state index in [0.717, 1.165) is 49.4 Å². The molecule has 2 N–H and O–H groups in total. The quantitative estimate of drug-likeness (QED) is 0.656. The van der Waals surface area contributed by atoms with Gasteiger partial charge in [-0.1, -0.05) is 36.4 Å². The first kappa shape index (κ1) is 22.4. The summed E-state index contributed by atoms with van der Waals surface area (Å²) < 4.78 is 6.66. The Balaban J connectivity index is 1.24. The second-order valence-corrected chi connectivity index (χ2v) is 12.9. The van der Waals surface area contributed by atoms with Gasteiger partial charge in [-0.05, 0) is 74.6 Å². The van der Waals surface area contributed by atoms with Crippen molar-refractivity contribution >= 4 is 5.91 Å². The van der Waals surface area contributed by atoms with Crippen LogP contribution < -0.4 is 4.74 Å². The van der Waals surface area contributed by atoms with Gasteiger partial charge < -0.3 is 19.8 Å². The van der Waals surface area contributed by atoms with Crippen LogP contribution in [0.3, 0.4) is 0 Å². The number of carbonyl (C=O) groups excluding carboxylic acids is 1. The number of amides is 1. The third-order valence-corrected chi connectivity index (χ3v) is 11.3. The van der Waals surface area contributed by atoms with E-state index in [1.54, 1.807) is 11.0 Å². The van der Waals surface area contributed by atoms with Crippen molar-refractivity contribution < 1.29 is 19.7 Å². The molecule has 0 radical (unpaired) electrons. The first-order valence-electron chi connectivity index (χ1n) is 14.1. The molecule has 6 atom stereocenters. The first-order chi connectivity index (χ1) is 17.9. The lowest BCUT2D eigenvalue weighted by Crippen LogP contribution is -2.81. The van der Waals surface area contributed by atoms with Gasteiger partial charge in [0.15, 0.2) is 11.5 Å². The lowest BCUT2D eigenvalue weighted by Gasteiger charge is -2.73. The fourth-order valence-corrected chi connectivity index (χ4v) is 9.55. The second-order valence-electron chi connectivity index (χ2n) is 12.9. The highest BCUT2D eigenvalue weighted by molar-refractivity contribution is 5.81. The molecule has 2 heterocycles. The molecule has 1 unspecified atom stereocenters. The average molecular weight is 501 g/mol. The molecule has 7 aliphatic rings. The molecule has 4 saturated carbocycles. The molecule has 2 spiro atoms. The third-order valence-electron chi connectivity index (χ3n) is 11.3. The van der Waals surface area contributed by atoms with Gasteiger partial charge in [-0.2, -0.15) is 0 Å². The number of phenols is 1. The number of hydrogen-bond donors (Lipinski definition) is 2. The lowest BCUT2D eigenvalue weighted by atomic mass is 9.34. The standard InChI is InChI=1S/C31H36N2O4/c1-32(17-19-5-3-2-4-6-19)27(35)22-16-29-11-12-31(22,36)28-30(29)13-14-33(18-20-7-8-20)24(29)15-21-9-10-23(34)26(37-28)25(21)30/h2-6,9-10,20,22,24,28,34,36H,7-8,11-18H2,1H3/t22?,24-,28-,29-,30+,31-/m1/s1. The highest BCUT2D eigenvalue weighted by Crippen LogP contribution is 2.76. The number of aromatic hydroxyl groups is 1. The summed E-state index contributed by atoms with van der Waals surface area (Å²) in [6, 6.07) is 14.3. The zero-order chi connectivity index (χ0) is 25.2. The van der Waals surface area contributed by atoms with Crippen molar-refractivity contribution in [3.05, 3.63) is 59.2 Å². The summed E-state index contributed by atoms with van der Waals surface area (Å²) in [7, 11) is 1.86. The number of rotatable bonds is 5. The van der Waals surface area contributed by atoms with Crippen LogP contribution in [0.15, 0.2) is 42.5 Å². The van der Waals surface area contributed by atoms with Crippen LogP contribution in [-0.2, 0) is 23.2 Å². The molecule has 2 aromatic rings. The Bertz CT molecular complexity index is 1290. The molecule has 2 aliphatic heterocycles. The number of aliphatic hydroxyl groups is 1. The number of piperidine rings is 1. The Kier molecular flexibility index (Phi) is 4.42. The summed E-state index contributed by atoms with van der Waals surface area (Å²) in [6.07, 6.45) is 6.21. The maximum Gasteiger partial charge on any atom is 0.228 e. The number of hydrogen-bond acceptors (Lipinski definition) is 5.